The number of rotatable bonds is 6. The molecular formula is C11H19NO3. The molecule has 86 valence electrons. The van der Waals surface area contributed by atoms with Gasteiger partial charge < -0.3 is 9.64 Å². The standard InChI is InChI=1S/C11H19NO3/c1-3-12(11(14)9-5-6-9)8-7-10(13)15-4-2/h9H,3-8H2,1-2H3. The van der Waals surface area contributed by atoms with Crippen LogP contribution >= 0.6 is 0 Å². The molecule has 1 aliphatic carbocycles. The second-order valence-corrected chi connectivity index (χ2v) is 3.75. The number of hydrogen-bond acceptors (Lipinski definition) is 3. The molecule has 0 unspecified atom stereocenters. The molecule has 0 aliphatic heterocycles. The van der Waals surface area contributed by atoms with E-state index in [1.165, 1.54) is 0 Å². The average molecular weight is 213 g/mol. The third-order valence-electron chi connectivity index (χ3n) is 2.51. The minimum absolute atomic E-state index is 0.196. The Bertz CT molecular complexity index is 236. The van der Waals surface area contributed by atoms with Gasteiger partial charge in [-0.1, -0.05) is 0 Å². The summed E-state index contributed by atoms with van der Waals surface area (Å²) in [7, 11) is 0. The third kappa shape index (κ3) is 3.90. The van der Waals surface area contributed by atoms with Crippen LogP contribution in [-0.2, 0) is 14.3 Å². The fraction of sp³-hybridized carbons (Fsp3) is 0.818. The van der Waals surface area contributed by atoms with Crippen LogP contribution in [0.15, 0.2) is 0 Å². The molecule has 1 rings (SSSR count). The van der Waals surface area contributed by atoms with E-state index in [1.54, 1.807) is 11.8 Å². The zero-order chi connectivity index (χ0) is 11.3. The quantitative estimate of drug-likeness (QED) is 0.623. The van der Waals surface area contributed by atoms with Crippen molar-refractivity contribution in [3.8, 4) is 0 Å². The van der Waals surface area contributed by atoms with Gasteiger partial charge in [0.1, 0.15) is 0 Å². The van der Waals surface area contributed by atoms with Crippen LogP contribution in [0.5, 0.6) is 0 Å². The molecule has 0 aromatic heterocycles. The highest BCUT2D eigenvalue weighted by atomic mass is 16.5. The molecular weight excluding hydrogens is 194 g/mol. The summed E-state index contributed by atoms with van der Waals surface area (Å²) >= 11 is 0. The molecule has 4 heteroatoms. The maximum atomic E-state index is 11.7. The van der Waals surface area contributed by atoms with Crippen molar-refractivity contribution in [3.63, 3.8) is 0 Å². The van der Waals surface area contributed by atoms with Crippen LogP contribution in [0.1, 0.15) is 33.1 Å². The zero-order valence-corrected chi connectivity index (χ0v) is 9.49. The first-order valence-electron chi connectivity index (χ1n) is 5.63. The summed E-state index contributed by atoms with van der Waals surface area (Å²) in [4.78, 5) is 24.5. The lowest BCUT2D eigenvalue weighted by molar-refractivity contribution is -0.144. The highest BCUT2D eigenvalue weighted by molar-refractivity contribution is 5.81. The van der Waals surface area contributed by atoms with Crippen molar-refractivity contribution < 1.29 is 14.3 Å². The van der Waals surface area contributed by atoms with Crippen molar-refractivity contribution in [1.82, 2.24) is 4.90 Å². The molecule has 15 heavy (non-hydrogen) atoms. The predicted molar refractivity (Wildman–Crippen MR) is 56.2 cm³/mol. The smallest absolute Gasteiger partial charge is 0.307 e. The van der Waals surface area contributed by atoms with Crippen molar-refractivity contribution in [2.45, 2.75) is 33.1 Å². The first kappa shape index (κ1) is 12.0. The van der Waals surface area contributed by atoms with E-state index in [0.29, 0.717) is 26.1 Å². The lowest BCUT2D eigenvalue weighted by atomic mass is 10.3. The van der Waals surface area contributed by atoms with E-state index in [-0.39, 0.29) is 17.8 Å². The van der Waals surface area contributed by atoms with E-state index in [9.17, 15) is 9.59 Å². The normalized spacial score (nSPS) is 14.8. The van der Waals surface area contributed by atoms with E-state index in [1.807, 2.05) is 6.92 Å². The van der Waals surface area contributed by atoms with Crippen LogP contribution in [-0.4, -0.2) is 36.5 Å². The van der Waals surface area contributed by atoms with Gasteiger partial charge in [0, 0.05) is 19.0 Å². The monoisotopic (exact) mass is 213 g/mol. The van der Waals surface area contributed by atoms with Crippen LogP contribution in [0, 0.1) is 5.92 Å². The Kier molecular flexibility index (Phi) is 4.59. The summed E-state index contributed by atoms with van der Waals surface area (Å²) in [6.07, 6.45) is 2.32. The van der Waals surface area contributed by atoms with E-state index < -0.39 is 0 Å². The van der Waals surface area contributed by atoms with E-state index in [0.717, 1.165) is 12.8 Å². The Morgan fingerprint density at radius 3 is 2.47 bits per heavy atom. The molecule has 1 fully saturated rings. The van der Waals surface area contributed by atoms with Gasteiger partial charge in [0.15, 0.2) is 0 Å². The molecule has 1 amide bonds. The van der Waals surface area contributed by atoms with Crippen LogP contribution in [0.3, 0.4) is 0 Å². The molecule has 1 saturated carbocycles. The first-order valence-corrected chi connectivity index (χ1v) is 5.63. The van der Waals surface area contributed by atoms with Gasteiger partial charge in [0.05, 0.1) is 13.0 Å². The molecule has 0 aromatic carbocycles. The van der Waals surface area contributed by atoms with Gasteiger partial charge in [-0.15, -0.1) is 0 Å². The predicted octanol–water partition coefficient (Wildman–Crippen LogP) is 1.20. The Hall–Kier alpha value is -1.06. The number of carbonyl (C=O) groups is 2. The minimum Gasteiger partial charge on any atom is -0.466 e. The summed E-state index contributed by atoms with van der Waals surface area (Å²) in [5.74, 6) is 0.202. The van der Waals surface area contributed by atoms with E-state index in [2.05, 4.69) is 0 Å². The molecule has 0 radical (unpaired) electrons. The van der Waals surface area contributed by atoms with Crippen molar-refractivity contribution in [1.29, 1.82) is 0 Å². The fourth-order valence-electron chi connectivity index (χ4n) is 1.47. The fourth-order valence-corrected chi connectivity index (χ4v) is 1.47. The highest BCUT2D eigenvalue weighted by Gasteiger charge is 2.32. The average Bonchev–Trinajstić information content (AvgIpc) is 3.02. The van der Waals surface area contributed by atoms with Crippen LogP contribution in [0.25, 0.3) is 0 Å². The lowest BCUT2D eigenvalue weighted by Crippen LogP contribution is -2.34. The number of carbonyl (C=O) groups excluding carboxylic acids is 2. The summed E-state index contributed by atoms with van der Waals surface area (Å²) in [5.41, 5.74) is 0. The summed E-state index contributed by atoms with van der Waals surface area (Å²) in [6.45, 7) is 5.29. The van der Waals surface area contributed by atoms with E-state index in [4.69, 9.17) is 4.74 Å². The molecule has 1 aliphatic rings. The molecule has 0 aromatic rings. The molecule has 0 bridgehead atoms. The van der Waals surface area contributed by atoms with Gasteiger partial charge in [-0.25, -0.2) is 0 Å². The number of amides is 1. The van der Waals surface area contributed by atoms with Gasteiger partial charge in [-0.3, -0.25) is 9.59 Å². The van der Waals surface area contributed by atoms with Gasteiger partial charge >= 0.3 is 5.97 Å². The molecule has 4 nitrogen and oxygen atoms in total. The maximum Gasteiger partial charge on any atom is 0.307 e. The van der Waals surface area contributed by atoms with Gasteiger partial charge in [0.2, 0.25) is 5.91 Å². The molecule has 0 atom stereocenters. The molecule has 0 heterocycles. The van der Waals surface area contributed by atoms with Crippen LogP contribution in [0.2, 0.25) is 0 Å². The highest BCUT2D eigenvalue weighted by Crippen LogP contribution is 2.30. The minimum atomic E-state index is -0.223. The SMILES string of the molecule is CCOC(=O)CCN(CC)C(=O)C1CC1. The first-order chi connectivity index (χ1) is 7.19. The Morgan fingerprint density at radius 1 is 1.33 bits per heavy atom. The van der Waals surface area contributed by atoms with Crippen LogP contribution < -0.4 is 0 Å². The Balaban J connectivity index is 2.26. The van der Waals surface area contributed by atoms with Crippen LogP contribution in [0.4, 0.5) is 0 Å². The Morgan fingerprint density at radius 2 is 2.00 bits per heavy atom. The van der Waals surface area contributed by atoms with Gasteiger partial charge in [-0.2, -0.15) is 0 Å². The van der Waals surface area contributed by atoms with Crippen molar-refractivity contribution in [2.24, 2.45) is 5.92 Å². The van der Waals surface area contributed by atoms with Crippen molar-refractivity contribution >= 4 is 11.9 Å². The summed E-state index contributed by atoms with van der Waals surface area (Å²) < 4.78 is 4.82. The second-order valence-electron chi connectivity index (χ2n) is 3.75. The maximum absolute atomic E-state index is 11.7. The topological polar surface area (TPSA) is 46.6 Å². The van der Waals surface area contributed by atoms with Gasteiger partial charge in [0.25, 0.3) is 0 Å². The molecule has 0 N–H and O–H groups in total. The second kappa shape index (κ2) is 5.73. The summed E-state index contributed by atoms with van der Waals surface area (Å²) in [5, 5.41) is 0. The zero-order valence-electron chi connectivity index (χ0n) is 9.49. The van der Waals surface area contributed by atoms with E-state index >= 15 is 0 Å². The summed E-state index contributed by atoms with van der Waals surface area (Å²) in [6, 6.07) is 0. The van der Waals surface area contributed by atoms with Crippen molar-refractivity contribution in [2.75, 3.05) is 19.7 Å². The number of nitrogens with zero attached hydrogens (tertiary/aromatic N) is 1. The molecule has 0 spiro atoms. The third-order valence-corrected chi connectivity index (χ3v) is 2.51. The molecule has 0 saturated heterocycles. The lowest BCUT2D eigenvalue weighted by Gasteiger charge is -2.20. The number of hydrogen-bond donors (Lipinski definition) is 0. The largest absolute Gasteiger partial charge is 0.466 e. The number of esters is 1. The van der Waals surface area contributed by atoms with Gasteiger partial charge in [-0.05, 0) is 26.7 Å². The number of ether oxygens (including phenoxy) is 1. The Labute approximate surface area is 90.6 Å². The van der Waals surface area contributed by atoms with Crippen molar-refractivity contribution in [3.05, 3.63) is 0 Å².